The molecule has 1 N–H and O–H groups in total. The van der Waals surface area contributed by atoms with Crippen LogP contribution in [0.5, 0.6) is 0 Å². The minimum Gasteiger partial charge on any atom is -0.350 e. The van der Waals surface area contributed by atoms with Gasteiger partial charge >= 0.3 is 0 Å². The van der Waals surface area contributed by atoms with Gasteiger partial charge in [0.1, 0.15) is 5.69 Å². The zero-order chi connectivity index (χ0) is 13.4. The highest BCUT2D eigenvalue weighted by atomic mass is 79.9. The molecule has 3 nitrogen and oxygen atoms in total. The van der Waals surface area contributed by atoms with Gasteiger partial charge < -0.3 is 5.32 Å². The second kappa shape index (κ2) is 8.25. The van der Waals surface area contributed by atoms with Crippen LogP contribution in [0.25, 0.3) is 0 Å². The molecule has 4 heteroatoms. The molecule has 0 saturated carbocycles. The highest BCUT2D eigenvalue weighted by Crippen LogP contribution is 2.12. The molecule has 0 bridgehead atoms. The van der Waals surface area contributed by atoms with Crippen molar-refractivity contribution in [3.05, 3.63) is 28.5 Å². The molecule has 0 aliphatic rings. The van der Waals surface area contributed by atoms with E-state index in [-0.39, 0.29) is 5.91 Å². The second-order valence-corrected chi connectivity index (χ2v) is 5.40. The molecular formula is C14H21BrN2O. The lowest BCUT2D eigenvalue weighted by molar-refractivity contribution is 0.0941. The van der Waals surface area contributed by atoms with E-state index in [4.69, 9.17) is 0 Å². The van der Waals surface area contributed by atoms with Crippen molar-refractivity contribution in [2.45, 2.75) is 39.5 Å². The van der Waals surface area contributed by atoms with E-state index in [1.165, 1.54) is 19.3 Å². The van der Waals surface area contributed by atoms with Gasteiger partial charge in [-0.1, -0.05) is 33.1 Å². The van der Waals surface area contributed by atoms with Crippen molar-refractivity contribution in [3.8, 4) is 0 Å². The number of amides is 1. The second-order valence-electron chi connectivity index (χ2n) is 4.49. The van der Waals surface area contributed by atoms with Gasteiger partial charge in [-0.3, -0.25) is 4.79 Å². The van der Waals surface area contributed by atoms with Crippen molar-refractivity contribution >= 4 is 21.8 Å². The van der Waals surface area contributed by atoms with E-state index < -0.39 is 0 Å². The first-order valence-corrected chi connectivity index (χ1v) is 7.36. The minimum atomic E-state index is -0.0857. The molecule has 1 atom stereocenters. The van der Waals surface area contributed by atoms with E-state index >= 15 is 0 Å². The SMILES string of the molecule is CCCCC(CC)CNC(=O)c1ccc(Br)cn1. The number of pyridine rings is 1. The number of halogens is 1. The van der Waals surface area contributed by atoms with Gasteiger partial charge in [0, 0.05) is 17.2 Å². The summed E-state index contributed by atoms with van der Waals surface area (Å²) < 4.78 is 0.883. The summed E-state index contributed by atoms with van der Waals surface area (Å²) in [5.74, 6) is 0.488. The molecule has 18 heavy (non-hydrogen) atoms. The fraction of sp³-hybridized carbons (Fsp3) is 0.571. The van der Waals surface area contributed by atoms with E-state index in [0.29, 0.717) is 11.6 Å². The van der Waals surface area contributed by atoms with Crippen molar-refractivity contribution in [1.82, 2.24) is 10.3 Å². The molecule has 0 fully saturated rings. The summed E-state index contributed by atoms with van der Waals surface area (Å²) in [4.78, 5) is 15.9. The molecule has 1 rings (SSSR count). The quantitative estimate of drug-likeness (QED) is 0.832. The minimum absolute atomic E-state index is 0.0857. The molecule has 0 aliphatic heterocycles. The number of carbonyl (C=O) groups is 1. The summed E-state index contributed by atoms with van der Waals surface area (Å²) >= 11 is 3.30. The van der Waals surface area contributed by atoms with Crippen molar-refractivity contribution < 1.29 is 4.79 Å². The predicted octanol–water partition coefficient (Wildman–Crippen LogP) is 3.79. The molecule has 100 valence electrons. The third-order valence-electron chi connectivity index (χ3n) is 3.05. The van der Waals surface area contributed by atoms with Gasteiger partial charge in [0.15, 0.2) is 0 Å². The smallest absolute Gasteiger partial charge is 0.269 e. The third-order valence-corrected chi connectivity index (χ3v) is 3.52. The first-order valence-electron chi connectivity index (χ1n) is 6.57. The maximum Gasteiger partial charge on any atom is 0.269 e. The lowest BCUT2D eigenvalue weighted by Crippen LogP contribution is -2.29. The van der Waals surface area contributed by atoms with Crippen LogP contribution in [-0.4, -0.2) is 17.4 Å². The van der Waals surface area contributed by atoms with Gasteiger partial charge in [0.25, 0.3) is 5.91 Å². The van der Waals surface area contributed by atoms with Crippen LogP contribution in [0.15, 0.2) is 22.8 Å². The molecule has 1 aromatic rings. The fourth-order valence-corrected chi connectivity index (χ4v) is 2.02. The summed E-state index contributed by atoms with van der Waals surface area (Å²) in [6.07, 6.45) is 6.36. The molecule has 0 saturated heterocycles. The molecule has 0 spiro atoms. The molecular weight excluding hydrogens is 292 g/mol. The zero-order valence-electron chi connectivity index (χ0n) is 11.1. The zero-order valence-corrected chi connectivity index (χ0v) is 12.7. The highest BCUT2D eigenvalue weighted by molar-refractivity contribution is 9.10. The van der Waals surface area contributed by atoms with Gasteiger partial charge in [-0.05, 0) is 40.4 Å². The van der Waals surface area contributed by atoms with Crippen LogP contribution in [0.2, 0.25) is 0 Å². The summed E-state index contributed by atoms with van der Waals surface area (Å²) in [6.45, 7) is 5.11. The topological polar surface area (TPSA) is 42.0 Å². The van der Waals surface area contributed by atoms with E-state index in [1.54, 1.807) is 12.3 Å². The molecule has 1 amide bonds. The number of rotatable bonds is 7. The van der Waals surface area contributed by atoms with E-state index in [1.807, 2.05) is 6.07 Å². The Morgan fingerprint density at radius 2 is 2.22 bits per heavy atom. The Morgan fingerprint density at radius 1 is 1.44 bits per heavy atom. The molecule has 1 heterocycles. The van der Waals surface area contributed by atoms with Crippen LogP contribution in [0.3, 0.4) is 0 Å². The average Bonchev–Trinajstić information content (AvgIpc) is 2.39. The fourth-order valence-electron chi connectivity index (χ4n) is 1.78. The highest BCUT2D eigenvalue weighted by Gasteiger charge is 2.10. The molecule has 0 aromatic carbocycles. The summed E-state index contributed by atoms with van der Waals surface area (Å²) in [5, 5.41) is 2.96. The number of unbranched alkanes of at least 4 members (excludes halogenated alkanes) is 1. The van der Waals surface area contributed by atoms with E-state index in [0.717, 1.165) is 17.4 Å². The molecule has 1 unspecified atom stereocenters. The van der Waals surface area contributed by atoms with Crippen LogP contribution in [0, 0.1) is 5.92 Å². The Morgan fingerprint density at radius 3 is 2.78 bits per heavy atom. The first-order chi connectivity index (χ1) is 8.67. The van der Waals surface area contributed by atoms with Crippen LogP contribution in [0.4, 0.5) is 0 Å². The van der Waals surface area contributed by atoms with Crippen molar-refractivity contribution in [3.63, 3.8) is 0 Å². The lowest BCUT2D eigenvalue weighted by atomic mass is 9.99. The van der Waals surface area contributed by atoms with E-state index in [9.17, 15) is 4.79 Å². The van der Waals surface area contributed by atoms with E-state index in [2.05, 4.69) is 40.1 Å². The van der Waals surface area contributed by atoms with Gasteiger partial charge in [-0.25, -0.2) is 4.98 Å². The van der Waals surface area contributed by atoms with Gasteiger partial charge in [0.05, 0.1) is 0 Å². The van der Waals surface area contributed by atoms with Crippen LogP contribution < -0.4 is 5.32 Å². The first kappa shape index (κ1) is 15.2. The number of hydrogen-bond donors (Lipinski definition) is 1. The standard InChI is InChI=1S/C14H21BrN2O/c1-3-5-6-11(4-2)9-17-14(18)13-8-7-12(15)10-16-13/h7-8,10-11H,3-6,9H2,1-2H3,(H,17,18). The molecule has 0 aliphatic carbocycles. The maximum absolute atomic E-state index is 11.9. The summed E-state index contributed by atoms with van der Waals surface area (Å²) in [6, 6.07) is 3.56. The lowest BCUT2D eigenvalue weighted by Gasteiger charge is -2.14. The van der Waals surface area contributed by atoms with Crippen LogP contribution >= 0.6 is 15.9 Å². The van der Waals surface area contributed by atoms with Crippen LogP contribution in [0.1, 0.15) is 50.0 Å². The number of carbonyl (C=O) groups excluding carboxylic acids is 1. The normalized spacial score (nSPS) is 12.2. The Balaban J connectivity index is 2.42. The number of hydrogen-bond acceptors (Lipinski definition) is 2. The van der Waals surface area contributed by atoms with Gasteiger partial charge in [0.2, 0.25) is 0 Å². The third kappa shape index (κ3) is 5.17. The molecule has 0 radical (unpaired) electrons. The summed E-state index contributed by atoms with van der Waals surface area (Å²) in [7, 11) is 0. The maximum atomic E-state index is 11.9. The van der Waals surface area contributed by atoms with Gasteiger partial charge in [-0.15, -0.1) is 0 Å². The largest absolute Gasteiger partial charge is 0.350 e. The van der Waals surface area contributed by atoms with Crippen molar-refractivity contribution in [2.24, 2.45) is 5.92 Å². The average molecular weight is 313 g/mol. The Hall–Kier alpha value is -0.900. The van der Waals surface area contributed by atoms with Gasteiger partial charge in [-0.2, -0.15) is 0 Å². The monoisotopic (exact) mass is 312 g/mol. The number of nitrogens with zero attached hydrogens (tertiary/aromatic N) is 1. The van der Waals surface area contributed by atoms with Crippen LogP contribution in [-0.2, 0) is 0 Å². The van der Waals surface area contributed by atoms with Crippen molar-refractivity contribution in [1.29, 1.82) is 0 Å². The van der Waals surface area contributed by atoms with Crippen molar-refractivity contribution in [2.75, 3.05) is 6.54 Å². The summed E-state index contributed by atoms with van der Waals surface area (Å²) in [5.41, 5.74) is 0.476. The Bertz CT molecular complexity index is 365. The molecule has 1 aromatic heterocycles. The Kier molecular flexibility index (Phi) is 6.94. The predicted molar refractivity (Wildman–Crippen MR) is 77.6 cm³/mol. The number of aromatic nitrogens is 1. The Labute approximate surface area is 118 Å². The number of nitrogens with one attached hydrogen (secondary N) is 1.